The molecule has 0 bridgehead atoms. The van der Waals surface area contributed by atoms with Crippen molar-refractivity contribution in [1.29, 1.82) is 0 Å². The first-order chi connectivity index (χ1) is 18.9. The summed E-state index contributed by atoms with van der Waals surface area (Å²) in [5.41, 5.74) is 7.84. The van der Waals surface area contributed by atoms with Gasteiger partial charge < -0.3 is 11.1 Å². The van der Waals surface area contributed by atoms with Gasteiger partial charge in [0.25, 0.3) is 11.5 Å². The zero-order valence-corrected chi connectivity index (χ0v) is 20.8. The Balaban J connectivity index is 1.45. The lowest BCUT2D eigenvalue weighted by atomic mass is 10.2. The molecule has 5 aromatic heterocycles. The molecule has 6 rings (SSSR count). The molecule has 39 heavy (non-hydrogen) atoms. The molecule has 1 amide bonds. The molecule has 0 aliphatic heterocycles. The van der Waals surface area contributed by atoms with E-state index in [9.17, 15) is 9.59 Å². The summed E-state index contributed by atoms with van der Waals surface area (Å²) in [6.45, 7) is 1.72. The van der Waals surface area contributed by atoms with Crippen molar-refractivity contribution in [3.63, 3.8) is 0 Å². The summed E-state index contributed by atoms with van der Waals surface area (Å²) in [4.78, 5) is 36.1. The van der Waals surface area contributed by atoms with E-state index in [-0.39, 0.29) is 33.8 Å². The quantitative estimate of drug-likeness (QED) is 0.294. The number of carbonyl (C=O) groups excluding carboxylic acids is 1. The predicted octanol–water partition coefficient (Wildman–Crippen LogP) is 1.36. The van der Waals surface area contributed by atoms with E-state index in [4.69, 9.17) is 5.73 Å². The van der Waals surface area contributed by atoms with Crippen LogP contribution >= 0.6 is 0 Å². The Labute approximate surface area is 220 Å². The van der Waals surface area contributed by atoms with Gasteiger partial charge in [-0.2, -0.15) is 10.2 Å². The van der Waals surface area contributed by atoms with Crippen LogP contribution in [0.2, 0.25) is 0 Å². The van der Waals surface area contributed by atoms with E-state index in [1.807, 2.05) is 18.2 Å². The number of H-pyrrole nitrogens is 1. The van der Waals surface area contributed by atoms with E-state index >= 15 is 0 Å². The van der Waals surface area contributed by atoms with Crippen molar-refractivity contribution in [2.45, 2.75) is 13.0 Å². The van der Waals surface area contributed by atoms with Crippen LogP contribution in [0.15, 0.2) is 66.0 Å². The maximum Gasteiger partial charge on any atom is 0.270 e. The Morgan fingerprint density at radius 2 is 2.00 bits per heavy atom. The summed E-state index contributed by atoms with van der Waals surface area (Å²) in [7, 11) is 1.79. The molecule has 5 heterocycles. The number of nitrogens with one attached hydrogen (secondary N) is 2. The van der Waals surface area contributed by atoms with Crippen LogP contribution in [0, 0.1) is 11.8 Å². The van der Waals surface area contributed by atoms with Crippen molar-refractivity contribution in [2.24, 2.45) is 7.05 Å². The number of aromatic nitrogens is 9. The normalized spacial score (nSPS) is 11.8. The fraction of sp³-hybridized carbons (Fsp3) is 0.115. The molecular weight excluding hydrogens is 498 g/mol. The predicted molar refractivity (Wildman–Crippen MR) is 142 cm³/mol. The molecule has 13 nitrogen and oxygen atoms in total. The number of aryl methyl sites for hydroxylation is 1. The number of amides is 1. The average Bonchev–Trinajstić information content (AvgIpc) is 3.63. The minimum absolute atomic E-state index is 0.0337. The number of hydrogen-bond acceptors (Lipinski definition) is 8. The number of nitrogens with two attached hydrogens (primary N) is 1. The van der Waals surface area contributed by atoms with Gasteiger partial charge in [-0.25, -0.2) is 14.5 Å². The zero-order valence-electron chi connectivity index (χ0n) is 20.8. The number of hydrogen-bond donors (Lipinski definition) is 3. The highest BCUT2D eigenvalue weighted by Gasteiger charge is 2.25. The first kappa shape index (κ1) is 23.6. The summed E-state index contributed by atoms with van der Waals surface area (Å²) in [6.07, 6.45) is 6.58. The van der Waals surface area contributed by atoms with E-state index in [1.165, 1.54) is 9.08 Å². The lowest BCUT2D eigenvalue weighted by Crippen LogP contribution is -2.33. The molecule has 1 atom stereocenters. The topological polar surface area (TPSA) is 167 Å². The average molecular weight is 520 g/mol. The Bertz CT molecular complexity index is 1990. The molecule has 6 aromatic rings. The highest BCUT2D eigenvalue weighted by atomic mass is 16.2. The lowest BCUT2D eigenvalue weighted by Gasteiger charge is -2.18. The van der Waals surface area contributed by atoms with E-state index in [0.717, 1.165) is 0 Å². The molecule has 0 saturated carbocycles. The third kappa shape index (κ3) is 4.15. The van der Waals surface area contributed by atoms with Crippen LogP contribution in [0.5, 0.6) is 0 Å². The monoisotopic (exact) mass is 519 g/mol. The largest absolute Gasteiger partial charge is 0.381 e. The SMILES string of the molecule is CC(NC(=O)c1c(N)nn2cccnc12)c1nc2n[nH]c(C#Cc3cnn(C)c3)c2c(=O)n1-c1ccccc1. The number of anilines is 1. The molecule has 0 aliphatic rings. The molecule has 0 fully saturated rings. The number of aromatic amines is 1. The van der Waals surface area contributed by atoms with Gasteiger partial charge in [0.05, 0.1) is 23.5 Å². The van der Waals surface area contributed by atoms with Crippen molar-refractivity contribution < 1.29 is 4.79 Å². The molecule has 192 valence electrons. The van der Waals surface area contributed by atoms with Crippen LogP contribution < -0.4 is 16.6 Å². The summed E-state index contributed by atoms with van der Waals surface area (Å²) >= 11 is 0. The molecule has 0 saturated heterocycles. The summed E-state index contributed by atoms with van der Waals surface area (Å²) in [5.74, 6) is 5.75. The van der Waals surface area contributed by atoms with Gasteiger partial charge >= 0.3 is 0 Å². The molecule has 1 aromatic carbocycles. The van der Waals surface area contributed by atoms with Crippen molar-refractivity contribution in [2.75, 3.05) is 5.73 Å². The van der Waals surface area contributed by atoms with Crippen molar-refractivity contribution in [3.05, 3.63) is 94.2 Å². The number of rotatable bonds is 4. The Kier molecular flexibility index (Phi) is 5.61. The Hall–Kier alpha value is -5.77. The molecule has 0 aliphatic carbocycles. The highest BCUT2D eigenvalue weighted by molar-refractivity contribution is 6.04. The minimum Gasteiger partial charge on any atom is -0.381 e. The summed E-state index contributed by atoms with van der Waals surface area (Å²) in [5, 5.41) is 18.4. The van der Waals surface area contributed by atoms with Crippen LogP contribution in [0.25, 0.3) is 22.4 Å². The summed E-state index contributed by atoms with van der Waals surface area (Å²) in [6, 6.07) is 9.97. The number of para-hydroxylation sites is 1. The fourth-order valence-corrected chi connectivity index (χ4v) is 4.27. The zero-order chi connectivity index (χ0) is 27.1. The number of benzene rings is 1. The van der Waals surface area contributed by atoms with Gasteiger partial charge in [-0.3, -0.25) is 23.9 Å². The van der Waals surface area contributed by atoms with Crippen molar-refractivity contribution in [1.82, 2.24) is 49.4 Å². The number of fused-ring (bicyclic) bond motifs is 2. The summed E-state index contributed by atoms with van der Waals surface area (Å²) < 4.78 is 4.50. The van der Waals surface area contributed by atoms with E-state index in [0.29, 0.717) is 22.6 Å². The van der Waals surface area contributed by atoms with Gasteiger partial charge in [0, 0.05) is 25.6 Å². The highest BCUT2D eigenvalue weighted by Crippen LogP contribution is 2.21. The molecule has 4 N–H and O–H groups in total. The van der Waals surface area contributed by atoms with Crippen LogP contribution in [0.3, 0.4) is 0 Å². The van der Waals surface area contributed by atoms with Crippen LogP contribution in [-0.2, 0) is 7.05 Å². The maximum atomic E-state index is 13.9. The molecule has 0 spiro atoms. The number of nitrogens with zero attached hydrogens (tertiary/aromatic N) is 8. The third-order valence-corrected chi connectivity index (χ3v) is 6.05. The van der Waals surface area contributed by atoms with Crippen LogP contribution in [0.1, 0.15) is 40.4 Å². The van der Waals surface area contributed by atoms with Gasteiger partial charge in [0.15, 0.2) is 17.1 Å². The molecular formula is C26H21N11O2. The van der Waals surface area contributed by atoms with Gasteiger partial charge in [0.1, 0.15) is 22.5 Å². The van der Waals surface area contributed by atoms with Crippen molar-refractivity contribution in [3.8, 4) is 17.5 Å². The molecule has 0 radical (unpaired) electrons. The Morgan fingerprint density at radius 1 is 1.18 bits per heavy atom. The number of nitrogen functional groups attached to an aromatic ring is 1. The third-order valence-electron chi connectivity index (χ3n) is 6.05. The van der Waals surface area contributed by atoms with Gasteiger partial charge in [0.2, 0.25) is 0 Å². The standard InChI is InChI=1S/C26H21N11O2/c1-15(30-25(38)20-21(27)34-36-12-6-11-28-24(20)36)23-31-22-19(26(39)37(23)17-7-4-3-5-8-17)18(32-33-22)10-9-16-13-29-35(2)14-16/h3-8,11-15H,1-2H3,(H2,27,34)(H,30,38)(H,32,33). The Morgan fingerprint density at radius 3 is 2.77 bits per heavy atom. The van der Waals surface area contributed by atoms with E-state index in [2.05, 4.69) is 47.5 Å². The molecule has 1 unspecified atom stereocenters. The number of carbonyl (C=O) groups is 1. The smallest absolute Gasteiger partial charge is 0.270 e. The maximum absolute atomic E-state index is 13.9. The van der Waals surface area contributed by atoms with Crippen molar-refractivity contribution >= 4 is 28.4 Å². The van der Waals surface area contributed by atoms with Crippen LogP contribution in [-0.4, -0.2) is 50.0 Å². The van der Waals surface area contributed by atoms with Gasteiger partial charge in [-0.05, 0) is 31.0 Å². The van der Waals surface area contributed by atoms with Gasteiger partial charge in [-0.1, -0.05) is 24.1 Å². The van der Waals surface area contributed by atoms with E-state index in [1.54, 1.807) is 61.6 Å². The fourth-order valence-electron chi connectivity index (χ4n) is 4.27. The second-order valence-corrected chi connectivity index (χ2v) is 8.74. The second kappa shape index (κ2) is 9.27. The lowest BCUT2D eigenvalue weighted by molar-refractivity contribution is 0.0940. The van der Waals surface area contributed by atoms with Gasteiger partial charge in [-0.15, -0.1) is 5.10 Å². The van der Waals surface area contributed by atoms with Crippen LogP contribution in [0.4, 0.5) is 5.82 Å². The van der Waals surface area contributed by atoms with E-state index < -0.39 is 11.9 Å². The first-order valence-electron chi connectivity index (χ1n) is 11.9. The molecule has 13 heteroatoms. The second-order valence-electron chi connectivity index (χ2n) is 8.74. The minimum atomic E-state index is -0.727. The first-order valence-corrected chi connectivity index (χ1v) is 11.9.